The van der Waals surface area contributed by atoms with Gasteiger partial charge in [0.1, 0.15) is 0 Å². The van der Waals surface area contributed by atoms with Crippen LogP contribution in [-0.2, 0) is 6.42 Å². The van der Waals surface area contributed by atoms with Crippen molar-refractivity contribution in [2.45, 2.75) is 20.3 Å². The monoisotopic (exact) mass is 238 g/mol. The van der Waals surface area contributed by atoms with Crippen LogP contribution < -0.4 is 0 Å². The van der Waals surface area contributed by atoms with Gasteiger partial charge in [-0.1, -0.05) is 13.0 Å². The predicted octanol–water partition coefficient (Wildman–Crippen LogP) is 2.66. The second-order valence-electron chi connectivity index (χ2n) is 4.38. The average Bonchev–Trinajstić information content (AvgIpc) is 2.81. The molecule has 90 valence electrons. The van der Waals surface area contributed by atoms with E-state index in [0.717, 1.165) is 23.5 Å². The number of fused-ring (bicyclic) bond motifs is 1. The van der Waals surface area contributed by atoms with Gasteiger partial charge >= 0.3 is 0 Å². The van der Waals surface area contributed by atoms with Crippen molar-refractivity contribution in [2.24, 2.45) is 0 Å². The first-order valence-corrected chi connectivity index (χ1v) is 6.03. The molecule has 3 aromatic heterocycles. The van der Waals surface area contributed by atoms with Gasteiger partial charge < -0.3 is 0 Å². The molecule has 0 bridgehead atoms. The SMILES string of the molecule is CCc1cncc(-c2nc3ccc(C)cn3n2)c1. The standard InChI is InChI=1S/C14H14N4/c1-3-11-6-12(8-15-7-11)14-16-13-5-4-10(2)9-18(13)17-14/h4-9H,3H2,1-2H3. The van der Waals surface area contributed by atoms with Crippen LogP contribution in [0, 0.1) is 6.92 Å². The molecule has 0 aliphatic heterocycles. The summed E-state index contributed by atoms with van der Waals surface area (Å²) in [5.41, 5.74) is 4.19. The van der Waals surface area contributed by atoms with Gasteiger partial charge in [-0.05, 0) is 36.6 Å². The second kappa shape index (κ2) is 4.22. The quantitative estimate of drug-likeness (QED) is 0.689. The highest BCUT2D eigenvalue weighted by molar-refractivity contribution is 5.57. The largest absolute Gasteiger partial charge is 0.264 e. The normalized spacial score (nSPS) is 11.0. The van der Waals surface area contributed by atoms with E-state index >= 15 is 0 Å². The molecule has 0 aromatic carbocycles. The molecule has 0 spiro atoms. The van der Waals surface area contributed by atoms with Gasteiger partial charge in [0.15, 0.2) is 11.5 Å². The van der Waals surface area contributed by atoms with Crippen LogP contribution in [0.2, 0.25) is 0 Å². The lowest BCUT2D eigenvalue weighted by Crippen LogP contribution is -1.89. The highest BCUT2D eigenvalue weighted by Gasteiger charge is 2.07. The van der Waals surface area contributed by atoms with Crippen molar-refractivity contribution in [3.8, 4) is 11.4 Å². The highest BCUT2D eigenvalue weighted by atomic mass is 15.3. The smallest absolute Gasteiger partial charge is 0.183 e. The van der Waals surface area contributed by atoms with E-state index in [4.69, 9.17) is 0 Å². The summed E-state index contributed by atoms with van der Waals surface area (Å²) in [7, 11) is 0. The molecule has 0 saturated carbocycles. The maximum absolute atomic E-state index is 4.51. The second-order valence-corrected chi connectivity index (χ2v) is 4.38. The summed E-state index contributed by atoms with van der Waals surface area (Å²) in [6, 6.07) is 6.10. The Bertz CT molecular complexity index is 700. The molecule has 0 unspecified atom stereocenters. The van der Waals surface area contributed by atoms with E-state index in [2.05, 4.69) is 28.1 Å². The van der Waals surface area contributed by atoms with Crippen molar-refractivity contribution in [3.63, 3.8) is 0 Å². The minimum Gasteiger partial charge on any atom is -0.264 e. The van der Waals surface area contributed by atoms with Crippen LogP contribution in [0.4, 0.5) is 0 Å². The first kappa shape index (κ1) is 10.9. The van der Waals surface area contributed by atoms with E-state index in [1.54, 1.807) is 6.20 Å². The van der Waals surface area contributed by atoms with Crippen LogP contribution in [0.15, 0.2) is 36.8 Å². The number of nitrogens with zero attached hydrogens (tertiary/aromatic N) is 4. The first-order chi connectivity index (χ1) is 8.76. The summed E-state index contributed by atoms with van der Waals surface area (Å²) in [5, 5.41) is 4.48. The molecule has 3 rings (SSSR count). The van der Waals surface area contributed by atoms with Crippen molar-refractivity contribution < 1.29 is 0 Å². The van der Waals surface area contributed by atoms with Crippen LogP contribution >= 0.6 is 0 Å². The molecular weight excluding hydrogens is 224 g/mol. The zero-order valence-corrected chi connectivity index (χ0v) is 10.5. The van der Waals surface area contributed by atoms with Crippen molar-refractivity contribution >= 4 is 5.65 Å². The zero-order chi connectivity index (χ0) is 12.5. The van der Waals surface area contributed by atoms with Crippen LogP contribution in [0.5, 0.6) is 0 Å². The number of pyridine rings is 2. The Labute approximate surface area is 105 Å². The molecule has 0 fully saturated rings. The van der Waals surface area contributed by atoms with Crippen molar-refractivity contribution in [1.82, 2.24) is 19.6 Å². The number of hydrogen-bond acceptors (Lipinski definition) is 3. The summed E-state index contributed by atoms with van der Waals surface area (Å²) in [6.07, 6.45) is 6.63. The minimum absolute atomic E-state index is 0.725. The Balaban J connectivity index is 2.13. The predicted molar refractivity (Wildman–Crippen MR) is 70.3 cm³/mol. The highest BCUT2D eigenvalue weighted by Crippen LogP contribution is 2.17. The molecule has 0 aliphatic carbocycles. The maximum Gasteiger partial charge on any atom is 0.183 e. The third-order valence-corrected chi connectivity index (χ3v) is 2.94. The van der Waals surface area contributed by atoms with Gasteiger partial charge in [0.05, 0.1) is 0 Å². The van der Waals surface area contributed by atoms with Gasteiger partial charge in [-0.15, -0.1) is 5.10 Å². The molecule has 0 radical (unpaired) electrons. The topological polar surface area (TPSA) is 43.1 Å². The van der Waals surface area contributed by atoms with Gasteiger partial charge in [-0.2, -0.15) is 0 Å². The molecule has 0 N–H and O–H groups in total. The average molecular weight is 238 g/mol. The summed E-state index contributed by atoms with van der Waals surface area (Å²) in [4.78, 5) is 8.74. The molecule has 0 atom stereocenters. The number of aryl methyl sites for hydroxylation is 2. The summed E-state index contributed by atoms with van der Waals surface area (Å²) in [5.74, 6) is 0.725. The van der Waals surface area contributed by atoms with Crippen LogP contribution in [-0.4, -0.2) is 19.6 Å². The lowest BCUT2D eigenvalue weighted by molar-refractivity contribution is 0.954. The molecule has 0 saturated heterocycles. The third-order valence-electron chi connectivity index (χ3n) is 2.94. The van der Waals surface area contributed by atoms with Gasteiger partial charge in [-0.3, -0.25) is 4.98 Å². The lowest BCUT2D eigenvalue weighted by Gasteiger charge is -1.97. The van der Waals surface area contributed by atoms with Gasteiger partial charge in [-0.25, -0.2) is 9.50 Å². The fourth-order valence-electron chi connectivity index (χ4n) is 1.91. The fraction of sp³-hybridized carbons (Fsp3) is 0.214. The van der Waals surface area contributed by atoms with E-state index in [-0.39, 0.29) is 0 Å². The van der Waals surface area contributed by atoms with Crippen molar-refractivity contribution in [1.29, 1.82) is 0 Å². The van der Waals surface area contributed by atoms with E-state index in [1.807, 2.05) is 36.0 Å². The van der Waals surface area contributed by atoms with Gasteiger partial charge in [0, 0.05) is 24.2 Å². The molecule has 3 heterocycles. The van der Waals surface area contributed by atoms with Gasteiger partial charge in [0.25, 0.3) is 0 Å². The number of rotatable bonds is 2. The molecule has 4 nitrogen and oxygen atoms in total. The molecule has 0 amide bonds. The Morgan fingerprint density at radius 3 is 2.94 bits per heavy atom. The van der Waals surface area contributed by atoms with E-state index in [9.17, 15) is 0 Å². The Morgan fingerprint density at radius 2 is 2.11 bits per heavy atom. The first-order valence-electron chi connectivity index (χ1n) is 6.03. The number of aromatic nitrogens is 4. The molecule has 18 heavy (non-hydrogen) atoms. The third kappa shape index (κ3) is 1.86. The van der Waals surface area contributed by atoms with E-state index in [1.165, 1.54) is 11.1 Å². The lowest BCUT2D eigenvalue weighted by atomic mass is 10.1. The maximum atomic E-state index is 4.51. The zero-order valence-electron chi connectivity index (χ0n) is 10.5. The summed E-state index contributed by atoms with van der Waals surface area (Å²) >= 11 is 0. The Hall–Kier alpha value is -2.23. The van der Waals surface area contributed by atoms with Crippen LogP contribution in [0.1, 0.15) is 18.1 Å². The molecule has 3 aromatic rings. The Kier molecular flexibility index (Phi) is 2.55. The summed E-state index contributed by atoms with van der Waals surface area (Å²) in [6.45, 7) is 4.15. The van der Waals surface area contributed by atoms with Crippen molar-refractivity contribution in [2.75, 3.05) is 0 Å². The molecule has 4 heteroatoms. The number of hydrogen-bond donors (Lipinski definition) is 0. The van der Waals surface area contributed by atoms with E-state index < -0.39 is 0 Å². The fourth-order valence-corrected chi connectivity index (χ4v) is 1.91. The summed E-state index contributed by atoms with van der Waals surface area (Å²) < 4.78 is 1.81. The minimum atomic E-state index is 0.725. The molecular formula is C14H14N4. The molecule has 0 aliphatic rings. The van der Waals surface area contributed by atoms with E-state index in [0.29, 0.717) is 0 Å². The van der Waals surface area contributed by atoms with Crippen LogP contribution in [0.3, 0.4) is 0 Å². The van der Waals surface area contributed by atoms with Gasteiger partial charge in [0.2, 0.25) is 0 Å². The Morgan fingerprint density at radius 1 is 1.22 bits per heavy atom. The van der Waals surface area contributed by atoms with Crippen LogP contribution in [0.25, 0.3) is 17.0 Å². The van der Waals surface area contributed by atoms with Crippen molar-refractivity contribution in [3.05, 3.63) is 47.9 Å².